The summed E-state index contributed by atoms with van der Waals surface area (Å²) in [5, 5.41) is 12.3. The van der Waals surface area contributed by atoms with Gasteiger partial charge in [0.25, 0.3) is 0 Å². The summed E-state index contributed by atoms with van der Waals surface area (Å²) in [7, 11) is 0. The van der Waals surface area contributed by atoms with Crippen LogP contribution in [-0.4, -0.2) is 33.0 Å². The first-order valence-corrected chi connectivity index (χ1v) is 7.84. The Morgan fingerprint density at radius 3 is 2.61 bits per heavy atom. The van der Waals surface area contributed by atoms with Crippen molar-refractivity contribution in [3.63, 3.8) is 0 Å². The molecule has 126 valence electrons. The minimum Gasteiger partial charge on any atom is -0.484 e. The number of benzene rings is 1. The van der Waals surface area contributed by atoms with Gasteiger partial charge in [-0.25, -0.2) is 4.68 Å². The van der Waals surface area contributed by atoms with Gasteiger partial charge in [0.1, 0.15) is 5.75 Å². The number of alkyl halides is 3. The summed E-state index contributed by atoms with van der Waals surface area (Å²) in [6.07, 6.45) is -4.35. The highest BCUT2D eigenvalue weighted by Gasteiger charge is 2.28. The minimum atomic E-state index is -4.35. The smallest absolute Gasteiger partial charge is 0.422 e. The lowest BCUT2D eigenvalue weighted by molar-refractivity contribution is -0.153. The predicted octanol–water partition coefficient (Wildman–Crippen LogP) is 3.66. The van der Waals surface area contributed by atoms with Crippen molar-refractivity contribution in [3.05, 3.63) is 29.8 Å². The van der Waals surface area contributed by atoms with Crippen molar-refractivity contribution in [2.24, 2.45) is 0 Å². The number of rotatable bonds is 5. The lowest BCUT2D eigenvalue weighted by atomic mass is 10.1. The molecule has 0 spiro atoms. The lowest BCUT2D eigenvalue weighted by Crippen LogP contribution is -2.24. The van der Waals surface area contributed by atoms with Crippen molar-refractivity contribution in [1.29, 1.82) is 0 Å². The molecule has 2 rings (SSSR count). The molecule has 23 heavy (non-hydrogen) atoms. The van der Waals surface area contributed by atoms with Gasteiger partial charge < -0.3 is 4.74 Å². The monoisotopic (exact) mass is 346 g/mol. The molecular weight excluding hydrogens is 329 g/mol. The van der Waals surface area contributed by atoms with Gasteiger partial charge in [0.15, 0.2) is 6.61 Å². The average Bonchev–Trinajstić information content (AvgIpc) is 2.91. The van der Waals surface area contributed by atoms with Crippen LogP contribution in [0.2, 0.25) is 0 Å². The molecule has 1 heterocycles. The summed E-state index contributed by atoms with van der Waals surface area (Å²) in [5.41, 5.74) is 0.585. The van der Waals surface area contributed by atoms with Gasteiger partial charge in [-0.2, -0.15) is 13.2 Å². The molecule has 0 saturated carbocycles. The molecule has 0 aliphatic rings. The zero-order chi connectivity index (χ0) is 17.1. The lowest BCUT2D eigenvalue weighted by Gasteiger charge is -2.19. The highest BCUT2D eigenvalue weighted by molar-refractivity contribution is 7.98. The topological polar surface area (TPSA) is 52.8 Å². The van der Waals surface area contributed by atoms with Gasteiger partial charge >= 0.3 is 6.18 Å². The van der Waals surface area contributed by atoms with Crippen LogP contribution in [0.1, 0.15) is 26.3 Å². The number of hydrogen-bond acceptors (Lipinski definition) is 5. The Bertz CT molecular complexity index is 652. The van der Waals surface area contributed by atoms with Crippen molar-refractivity contribution >= 4 is 11.8 Å². The number of aromatic nitrogens is 4. The summed E-state index contributed by atoms with van der Waals surface area (Å²) < 4.78 is 43.0. The van der Waals surface area contributed by atoms with E-state index in [2.05, 4.69) is 15.5 Å². The molecule has 0 N–H and O–H groups in total. The molecular formula is C14H17F3N4OS. The SMILES string of the molecule is CC(C)(C)n1nnnc1SCc1cccc(OCC(F)(F)F)c1. The van der Waals surface area contributed by atoms with Crippen LogP contribution in [-0.2, 0) is 11.3 Å². The average molecular weight is 346 g/mol. The number of nitrogens with zero attached hydrogens (tertiary/aromatic N) is 4. The van der Waals surface area contributed by atoms with Crippen molar-refractivity contribution in [1.82, 2.24) is 20.2 Å². The molecule has 0 atom stereocenters. The van der Waals surface area contributed by atoms with E-state index in [-0.39, 0.29) is 11.3 Å². The van der Waals surface area contributed by atoms with Gasteiger partial charge in [-0.15, -0.1) is 5.10 Å². The van der Waals surface area contributed by atoms with E-state index >= 15 is 0 Å². The summed E-state index contributed by atoms with van der Waals surface area (Å²) in [6.45, 7) is 4.66. The maximum atomic E-state index is 12.2. The summed E-state index contributed by atoms with van der Waals surface area (Å²) in [4.78, 5) is 0. The standard InChI is InChI=1S/C14H17F3N4OS/c1-13(2,3)21-12(18-19-20-21)23-8-10-5-4-6-11(7-10)22-9-14(15,16)17/h4-7H,8-9H2,1-3H3. The third-order valence-corrected chi connectivity index (χ3v) is 3.74. The van der Waals surface area contributed by atoms with E-state index in [1.165, 1.54) is 17.8 Å². The molecule has 0 aliphatic carbocycles. The van der Waals surface area contributed by atoms with E-state index in [1.54, 1.807) is 16.8 Å². The molecule has 5 nitrogen and oxygen atoms in total. The third-order valence-electron chi connectivity index (χ3n) is 2.75. The van der Waals surface area contributed by atoms with E-state index in [0.717, 1.165) is 5.56 Å². The van der Waals surface area contributed by atoms with Gasteiger partial charge in [0.05, 0.1) is 5.54 Å². The first-order chi connectivity index (χ1) is 10.6. The second-order valence-electron chi connectivity index (χ2n) is 5.88. The van der Waals surface area contributed by atoms with Crippen LogP contribution in [0.15, 0.2) is 29.4 Å². The van der Waals surface area contributed by atoms with Crippen LogP contribution in [0.3, 0.4) is 0 Å². The number of hydrogen-bond donors (Lipinski definition) is 0. The minimum absolute atomic E-state index is 0.191. The number of ether oxygens (including phenoxy) is 1. The molecule has 0 saturated heterocycles. The second-order valence-corrected chi connectivity index (χ2v) is 6.83. The normalized spacial score (nSPS) is 12.4. The van der Waals surface area contributed by atoms with Crippen LogP contribution in [0.4, 0.5) is 13.2 Å². The predicted molar refractivity (Wildman–Crippen MR) is 80.4 cm³/mol. The Balaban J connectivity index is 2.00. The van der Waals surface area contributed by atoms with Gasteiger partial charge in [-0.3, -0.25) is 0 Å². The first-order valence-electron chi connectivity index (χ1n) is 6.85. The van der Waals surface area contributed by atoms with E-state index in [1.807, 2.05) is 26.8 Å². The molecule has 1 aromatic carbocycles. The van der Waals surface area contributed by atoms with Crippen molar-refractivity contribution < 1.29 is 17.9 Å². The Morgan fingerprint density at radius 2 is 1.96 bits per heavy atom. The molecule has 2 aromatic rings. The second kappa shape index (κ2) is 6.77. The fraction of sp³-hybridized carbons (Fsp3) is 0.500. The number of halogens is 3. The molecule has 0 amide bonds. The summed E-state index contributed by atoms with van der Waals surface area (Å²) in [6, 6.07) is 6.57. The van der Waals surface area contributed by atoms with E-state index < -0.39 is 12.8 Å². The first kappa shape index (κ1) is 17.6. The van der Waals surface area contributed by atoms with E-state index in [4.69, 9.17) is 4.74 Å². The molecule has 1 aromatic heterocycles. The van der Waals surface area contributed by atoms with Crippen molar-refractivity contribution in [2.45, 2.75) is 43.4 Å². The Morgan fingerprint density at radius 1 is 1.22 bits per heavy atom. The highest BCUT2D eigenvalue weighted by Crippen LogP contribution is 2.26. The highest BCUT2D eigenvalue weighted by atomic mass is 32.2. The van der Waals surface area contributed by atoms with E-state index in [9.17, 15) is 13.2 Å². The fourth-order valence-corrected chi connectivity index (χ4v) is 2.73. The van der Waals surface area contributed by atoms with Crippen molar-refractivity contribution in [3.8, 4) is 5.75 Å². The van der Waals surface area contributed by atoms with Crippen LogP contribution in [0, 0.1) is 0 Å². The Hall–Kier alpha value is -1.77. The molecule has 0 unspecified atom stereocenters. The third kappa shape index (κ3) is 5.42. The zero-order valence-electron chi connectivity index (χ0n) is 13.0. The van der Waals surface area contributed by atoms with Crippen LogP contribution >= 0.6 is 11.8 Å². The molecule has 0 aliphatic heterocycles. The molecule has 9 heteroatoms. The van der Waals surface area contributed by atoms with Crippen LogP contribution in [0.25, 0.3) is 0 Å². The largest absolute Gasteiger partial charge is 0.484 e. The van der Waals surface area contributed by atoms with Crippen molar-refractivity contribution in [2.75, 3.05) is 6.61 Å². The van der Waals surface area contributed by atoms with Gasteiger partial charge in [-0.05, 0) is 48.9 Å². The van der Waals surface area contributed by atoms with Gasteiger partial charge in [0, 0.05) is 5.75 Å². The quantitative estimate of drug-likeness (QED) is 0.774. The number of thioether (sulfide) groups is 1. The Kier molecular flexibility index (Phi) is 5.18. The maximum absolute atomic E-state index is 12.2. The van der Waals surface area contributed by atoms with Gasteiger partial charge in [-0.1, -0.05) is 23.9 Å². The van der Waals surface area contributed by atoms with Gasteiger partial charge in [0.2, 0.25) is 5.16 Å². The Labute approximate surface area is 136 Å². The maximum Gasteiger partial charge on any atom is 0.422 e. The summed E-state index contributed by atoms with van der Waals surface area (Å²) >= 11 is 1.42. The van der Waals surface area contributed by atoms with Crippen LogP contribution in [0.5, 0.6) is 5.75 Å². The zero-order valence-corrected chi connectivity index (χ0v) is 13.8. The number of tetrazole rings is 1. The molecule has 0 radical (unpaired) electrons. The molecule has 0 bridgehead atoms. The summed E-state index contributed by atoms with van der Waals surface area (Å²) in [5.74, 6) is 0.718. The van der Waals surface area contributed by atoms with Crippen LogP contribution < -0.4 is 4.74 Å². The van der Waals surface area contributed by atoms with E-state index in [0.29, 0.717) is 10.9 Å². The fourth-order valence-electron chi connectivity index (χ4n) is 1.73. The molecule has 0 fully saturated rings.